The zero-order chi connectivity index (χ0) is 6.53. The fourth-order valence-corrected chi connectivity index (χ4v) is 0.756. The molecule has 0 amide bonds. The molecule has 1 aliphatic heterocycles. The molecule has 1 heterocycles. The van der Waals surface area contributed by atoms with Crippen molar-refractivity contribution in [3.63, 3.8) is 0 Å². The van der Waals surface area contributed by atoms with E-state index >= 15 is 0 Å². The minimum absolute atomic E-state index is 0.685. The zero-order valence-corrected chi connectivity index (χ0v) is 5.55. The molecule has 0 aromatic rings. The highest BCUT2D eigenvalue weighted by Gasteiger charge is 1.94. The molecule has 0 fully saturated rings. The van der Waals surface area contributed by atoms with Crippen LogP contribution in [0.15, 0.2) is 23.9 Å². The highest BCUT2D eigenvalue weighted by Crippen LogP contribution is 1.94. The van der Waals surface area contributed by atoms with Gasteiger partial charge in [-0.3, -0.25) is 0 Å². The molecule has 0 unspecified atom stereocenters. The van der Waals surface area contributed by atoms with Gasteiger partial charge in [-0.1, -0.05) is 12.2 Å². The van der Waals surface area contributed by atoms with Gasteiger partial charge in [0.05, 0.1) is 6.61 Å². The van der Waals surface area contributed by atoms with Gasteiger partial charge in [0.2, 0.25) is 0 Å². The van der Waals surface area contributed by atoms with Gasteiger partial charge in [0, 0.05) is 19.4 Å². The molecule has 9 heavy (non-hydrogen) atoms. The number of hydrogen-bond donors (Lipinski definition) is 1. The van der Waals surface area contributed by atoms with Crippen molar-refractivity contribution in [2.45, 2.75) is 0 Å². The van der Waals surface area contributed by atoms with E-state index in [0.717, 1.165) is 12.2 Å². The summed E-state index contributed by atoms with van der Waals surface area (Å²) >= 11 is 0. The maximum Gasteiger partial charge on any atom is 0.0858 e. The average Bonchev–Trinajstić information content (AvgIpc) is 1.91. The number of ether oxygens (including phenoxy) is 1. The van der Waals surface area contributed by atoms with Crippen LogP contribution in [0.1, 0.15) is 0 Å². The first-order chi connectivity index (χ1) is 4.43. The Hall–Kier alpha value is -0.760. The van der Waals surface area contributed by atoms with Crippen LogP contribution in [0.2, 0.25) is 0 Å². The van der Waals surface area contributed by atoms with Gasteiger partial charge in [-0.2, -0.15) is 0 Å². The van der Waals surface area contributed by atoms with Gasteiger partial charge in [0.1, 0.15) is 0 Å². The Morgan fingerprint density at radius 3 is 3.22 bits per heavy atom. The van der Waals surface area contributed by atoms with Crippen molar-refractivity contribution in [3.05, 3.63) is 23.9 Å². The topological polar surface area (TPSA) is 21.3 Å². The molecule has 0 atom stereocenters. The van der Waals surface area contributed by atoms with Crippen molar-refractivity contribution in [1.29, 1.82) is 0 Å². The highest BCUT2D eigenvalue weighted by atomic mass is 16.5. The summed E-state index contributed by atoms with van der Waals surface area (Å²) < 4.78 is 4.92. The minimum atomic E-state index is 0.685. The van der Waals surface area contributed by atoms with Gasteiger partial charge in [-0.25, -0.2) is 0 Å². The van der Waals surface area contributed by atoms with Crippen LogP contribution in [0.3, 0.4) is 0 Å². The predicted molar refractivity (Wildman–Crippen MR) is 37.1 cm³/mol. The molecule has 50 valence electrons. The lowest BCUT2D eigenvalue weighted by Gasteiger charge is -2.09. The largest absolute Gasteiger partial charge is 0.383 e. The molecule has 0 aromatic carbocycles. The smallest absolute Gasteiger partial charge is 0.0858 e. The van der Waals surface area contributed by atoms with Crippen molar-refractivity contribution in [1.82, 2.24) is 5.32 Å². The maximum atomic E-state index is 4.92. The first kappa shape index (κ1) is 6.36. The molecule has 0 spiro atoms. The monoisotopic (exact) mass is 125 g/mol. The summed E-state index contributed by atoms with van der Waals surface area (Å²) in [4.78, 5) is 0. The predicted octanol–water partition coefficient (Wildman–Crippen LogP) is 0.676. The summed E-state index contributed by atoms with van der Waals surface area (Å²) in [5, 5.41) is 3.17. The molecule has 1 aliphatic rings. The first-order valence-electron chi connectivity index (χ1n) is 3.02. The van der Waals surface area contributed by atoms with Crippen LogP contribution in [0, 0.1) is 0 Å². The minimum Gasteiger partial charge on any atom is -0.383 e. The lowest BCUT2D eigenvalue weighted by atomic mass is 10.3. The van der Waals surface area contributed by atoms with E-state index in [4.69, 9.17) is 4.74 Å². The van der Waals surface area contributed by atoms with E-state index in [2.05, 4.69) is 11.4 Å². The Balaban J connectivity index is 2.38. The van der Waals surface area contributed by atoms with Crippen molar-refractivity contribution in [3.8, 4) is 0 Å². The molecule has 0 radical (unpaired) electrons. The van der Waals surface area contributed by atoms with Crippen LogP contribution in [-0.4, -0.2) is 20.3 Å². The molecule has 0 bridgehead atoms. The van der Waals surface area contributed by atoms with Crippen LogP contribution < -0.4 is 5.32 Å². The summed E-state index contributed by atoms with van der Waals surface area (Å²) in [5.41, 5.74) is 1.15. The van der Waals surface area contributed by atoms with Gasteiger partial charge >= 0.3 is 0 Å². The average molecular weight is 125 g/mol. The Labute approximate surface area is 55.2 Å². The van der Waals surface area contributed by atoms with E-state index in [1.54, 1.807) is 7.11 Å². The van der Waals surface area contributed by atoms with Crippen LogP contribution in [0.4, 0.5) is 0 Å². The highest BCUT2D eigenvalue weighted by molar-refractivity contribution is 5.16. The summed E-state index contributed by atoms with van der Waals surface area (Å²) in [6, 6.07) is 0. The number of nitrogens with one attached hydrogen (secondary N) is 1. The third-order valence-electron chi connectivity index (χ3n) is 1.18. The van der Waals surface area contributed by atoms with E-state index in [1.807, 2.05) is 12.2 Å². The number of allylic oxidation sites excluding steroid dienone is 2. The van der Waals surface area contributed by atoms with E-state index in [9.17, 15) is 0 Å². The summed E-state index contributed by atoms with van der Waals surface area (Å²) in [6.07, 6.45) is 6.12. The van der Waals surface area contributed by atoms with E-state index in [1.165, 1.54) is 0 Å². The van der Waals surface area contributed by atoms with Gasteiger partial charge in [-0.05, 0) is 6.08 Å². The second-order valence-electron chi connectivity index (χ2n) is 1.93. The molecule has 0 aliphatic carbocycles. The Morgan fingerprint density at radius 1 is 1.78 bits per heavy atom. The molecule has 2 nitrogen and oxygen atoms in total. The summed E-state index contributed by atoms with van der Waals surface area (Å²) in [7, 11) is 1.70. The maximum absolute atomic E-state index is 4.92. The van der Waals surface area contributed by atoms with E-state index < -0.39 is 0 Å². The number of hydrogen-bond acceptors (Lipinski definition) is 2. The van der Waals surface area contributed by atoms with Crippen LogP contribution in [0.25, 0.3) is 0 Å². The zero-order valence-electron chi connectivity index (χ0n) is 5.55. The Bertz CT molecular complexity index is 138. The third-order valence-corrected chi connectivity index (χ3v) is 1.18. The molecular weight excluding hydrogens is 114 g/mol. The van der Waals surface area contributed by atoms with Gasteiger partial charge in [-0.15, -0.1) is 0 Å². The van der Waals surface area contributed by atoms with Crippen molar-refractivity contribution in [2.24, 2.45) is 0 Å². The van der Waals surface area contributed by atoms with Gasteiger partial charge in [0.25, 0.3) is 0 Å². The number of methoxy groups -OCH3 is 1. The summed E-state index contributed by atoms with van der Waals surface area (Å²) in [6.45, 7) is 1.61. The van der Waals surface area contributed by atoms with Crippen molar-refractivity contribution in [2.75, 3.05) is 20.3 Å². The van der Waals surface area contributed by atoms with Crippen LogP contribution >= 0.6 is 0 Å². The second kappa shape index (κ2) is 3.30. The fourth-order valence-electron chi connectivity index (χ4n) is 0.756. The fraction of sp³-hybridized carbons (Fsp3) is 0.429. The van der Waals surface area contributed by atoms with E-state index in [0.29, 0.717) is 6.61 Å². The first-order valence-corrected chi connectivity index (χ1v) is 3.02. The lowest BCUT2D eigenvalue weighted by Crippen LogP contribution is -2.18. The van der Waals surface area contributed by atoms with Crippen LogP contribution in [-0.2, 0) is 4.74 Å². The van der Waals surface area contributed by atoms with E-state index in [-0.39, 0.29) is 0 Å². The molecule has 0 saturated carbocycles. The summed E-state index contributed by atoms with van der Waals surface area (Å²) in [5.74, 6) is 0. The molecule has 1 N–H and O–H groups in total. The number of rotatable bonds is 2. The second-order valence-corrected chi connectivity index (χ2v) is 1.93. The van der Waals surface area contributed by atoms with Gasteiger partial charge < -0.3 is 10.1 Å². The quantitative estimate of drug-likeness (QED) is 0.586. The molecular formula is C7H11NO. The van der Waals surface area contributed by atoms with Crippen LogP contribution in [0.5, 0.6) is 0 Å². The van der Waals surface area contributed by atoms with Gasteiger partial charge in [0.15, 0.2) is 0 Å². The van der Waals surface area contributed by atoms with Crippen molar-refractivity contribution < 1.29 is 4.74 Å². The third kappa shape index (κ3) is 1.90. The molecule has 0 aromatic heterocycles. The molecule has 1 rings (SSSR count). The Morgan fingerprint density at radius 2 is 2.67 bits per heavy atom. The normalized spacial score (nSPS) is 16.8. The Kier molecular flexibility index (Phi) is 2.33. The lowest BCUT2D eigenvalue weighted by molar-refractivity contribution is 0.220. The van der Waals surface area contributed by atoms with Crippen molar-refractivity contribution >= 4 is 0 Å². The molecule has 0 saturated heterocycles. The standard InChI is InChI=1S/C7H11NO/c1-9-6-7-4-2-3-5-8-7/h2-4,8H,5-6H2,1H3. The SMILES string of the molecule is COCC1=CC=CCN1. The molecule has 2 heteroatoms. The number of dihydropyridines is 1.